The Morgan fingerprint density at radius 1 is 1.28 bits per heavy atom. The normalized spacial score (nSPS) is 22.6. The fourth-order valence-corrected chi connectivity index (χ4v) is 2.28. The highest BCUT2D eigenvalue weighted by Crippen LogP contribution is 2.35. The molecule has 0 radical (unpaired) electrons. The third kappa shape index (κ3) is 3.86. The Kier molecular flexibility index (Phi) is 5.01. The van der Waals surface area contributed by atoms with Crippen LogP contribution in [0.4, 0.5) is 13.2 Å². The number of alkyl halides is 3. The van der Waals surface area contributed by atoms with Crippen LogP contribution in [-0.4, -0.2) is 24.2 Å². The topological polar surface area (TPSA) is 55.1 Å². The molecule has 106 valence electrons. The highest BCUT2D eigenvalue weighted by atomic mass is 19.4. The fourth-order valence-electron chi connectivity index (χ4n) is 2.28. The smallest absolute Gasteiger partial charge is 0.344 e. The van der Waals surface area contributed by atoms with Crippen molar-refractivity contribution in [2.75, 3.05) is 0 Å². The minimum Gasteiger partial charge on any atom is -0.344 e. The van der Waals surface area contributed by atoms with Crippen LogP contribution in [-0.2, 0) is 4.79 Å². The summed E-state index contributed by atoms with van der Waals surface area (Å²) in [5.74, 6) is -1.72. The SMILES string of the molecule is CC(N)C(C)C(=O)NC(C1CCCC1)C(F)(F)F. The van der Waals surface area contributed by atoms with Crippen LogP contribution in [0.3, 0.4) is 0 Å². The number of nitrogens with two attached hydrogens (primary N) is 1. The largest absolute Gasteiger partial charge is 0.408 e. The van der Waals surface area contributed by atoms with Crippen LogP contribution in [0, 0.1) is 11.8 Å². The zero-order valence-electron chi connectivity index (χ0n) is 10.8. The predicted octanol–water partition coefficient (Wildman–Crippen LogP) is 2.21. The molecule has 1 rings (SSSR count). The first-order valence-electron chi connectivity index (χ1n) is 6.36. The highest BCUT2D eigenvalue weighted by molar-refractivity contribution is 5.79. The zero-order valence-corrected chi connectivity index (χ0v) is 10.8. The number of amides is 1. The lowest BCUT2D eigenvalue weighted by atomic mass is 9.95. The molecule has 1 aliphatic rings. The third-order valence-corrected chi connectivity index (χ3v) is 3.72. The van der Waals surface area contributed by atoms with Gasteiger partial charge in [-0.25, -0.2) is 0 Å². The first-order chi connectivity index (χ1) is 8.23. The third-order valence-electron chi connectivity index (χ3n) is 3.72. The van der Waals surface area contributed by atoms with Gasteiger partial charge in [0.25, 0.3) is 0 Å². The molecule has 0 aromatic carbocycles. The molecule has 1 saturated carbocycles. The second-order valence-corrected chi connectivity index (χ2v) is 5.22. The Hall–Kier alpha value is -0.780. The van der Waals surface area contributed by atoms with E-state index in [9.17, 15) is 18.0 Å². The minimum absolute atomic E-state index is 0.456. The maximum Gasteiger partial charge on any atom is 0.408 e. The summed E-state index contributed by atoms with van der Waals surface area (Å²) in [4.78, 5) is 11.7. The Balaban J connectivity index is 2.70. The number of halogens is 3. The summed E-state index contributed by atoms with van der Waals surface area (Å²) >= 11 is 0. The Morgan fingerprint density at radius 2 is 1.78 bits per heavy atom. The van der Waals surface area contributed by atoms with Crippen molar-refractivity contribution < 1.29 is 18.0 Å². The molecule has 1 fully saturated rings. The molecule has 3 unspecified atom stereocenters. The van der Waals surface area contributed by atoms with Gasteiger partial charge in [0.05, 0.1) is 0 Å². The van der Waals surface area contributed by atoms with E-state index >= 15 is 0 Å². The average Bonchev–Trinajstić information content (AvgIpc) is 2.75. The monoisotopic (exact) mass is 266 g/mol. The molecule has 0 bridgehead atoms. The first-order valence-corrected chi connectivity index (χ1v) is 6.36. The summed E-state index contributed by atoms with van der Waals surface area (Å²) in [6.45, 7) is 3.16. The van der Waals surface area contributed by atoms with Crippen molar-refractivity contribution in [3.8, 4) is 0 Å². The summed E-state index contributed by atoms with van der Waals surface area (Å²) in [5.41, 5.74) is 5.53. The first kappa shape index (κ1) is 15.3. The summed E-state index contributed by atoms with van der Waals surface area (Å²) in [6, 6.07) is -2.18. The molecule has 6 heteroatoms. The summed E-state index contributed by atoms with van der Waals surface area (Å²) in [7, 11) is 0. The Bertz CT molecular complexity index is 286. The molecule has 3 N–H and O–H groups in total. The summed E-state index contributed by atoms with van der Waals surface area (Å²) in [6.07, 6.45) is -1.73. The van der Waals surface area contributed by atoms with E-state index in [1.165, 1.54) is 0 Å². The Morgan fingerprint density at radius 3 is 2.17 bits per heavy atom. The van der Waals surface area contributed by atoms with Gasteiger partial charge in [-0.2, -0.15) is 13.2 Å². The van der Waals surface area contributed by atoms with E-state index < -0.39 is 36.0 Å². The maximum atomic E-state index is 13.0. The molecule has 0 spiro atoms. The van der Waals surface area contributed by atoms with E-state index in [0.717, 1.165) is 12.8 Å². The van der Waals surface area contributed by atoms with Gasteiger partial charge in [0.15, 0.2) is 0 Å². The van der Waals surface area contributed by atoms with Gasteiger partial charge in [-0.05, 0) is 25.7 Å². The van der Waals surface area contributed by atoms with Gasteiger partial charge < -0.3 is 11.1 Å². The summed E-state index contributed by atoms with van der Waals surface area (Å²) in [5, 5.41) is 2.14. The minimum atomic E-state index is -4.39. The molecule has 1 amide bonds. The summed E-state index contributed by atoms with van der Waals surface area (Å²) < 4.78 is 38.9. The van der Waals surface area contributed by atoms with Crippen LogP contribution < -0.4 is 11.1 Å². The number of rotatable bonds is 4. The van der Waals surface area contributed by atoms with Crippen molar-refractivity contribution in [2.45, 2.75) is 57.8 Å². The fraction of sp³-hybridized carbons (Fsp3) is 0.917. The number of hydrogen-bond acceptors (Lipinski definition) is 2. The molecule has 0 aromatic heterocycles. The zero-order chi connectivity index (χ0) is 13.9. The molecule has 0 saturated heterocycles. The van der Waals surface area contributed by atoms with Gasteiger partial charge in [-0.3, -0.25) is 4.79 Å². The second kappa shape index (κ2) is 5.91. The van der Waals surface area contributed by atoms with Gasteiger partial charge in [0.1, 0.15) is 6.04 Å². The quantitative estimate of drug-likeness (QED) is 0.819. The van der Waals surface area contributed by atoms with E-state index in [-0.39, 0.29) is 0 Å². The Labute approximate surface area is 105 Å². The number of hydrogen-bond donors (Lipinski definition) is 2. The number of carbonyl (C=O) groups excluding carboxylic acids is 1. The van der Waals surface area contributed by atoms with Crippen molar-refractivity contribution >= 4 is 5.91 Å². The molecule has 3 atom stereocenters. The maximum absolute atomic E-state index is 13.0. The van der Waals surface area contributed by atoms with Crippen molar-refractivity contribution in [3.63, 3.8) is 0 Å². The highest BCUT2D eigenvalue weighted by Gasteiger charge is 2.46. The van der Waals surface area contributed by atoms with Gasteiger partial charge in [0.2, 0.25) is 5.91 Å². The van der Waals surface area contributed by atoms with E-state index in [0.29, 0.717) is 12.8 Å². The lowest BCUT2D eigenvalue weighted by Crippen LogP contribution is -2.52. The van der Waals surface area contributed by atoms with Gasteiger partial charge in [-0.15, -0.1) is 0 Å². The average molecular weight is 266 g/mol. The predicted molar refractivity (Wildman–Crippen MR) is 62.8 cm³/mol. The molecule has 1 aliphatic carbocycles. The number of nitrogens with one attached hydrogen (secondary N) is 1. The molecule has 0 aromatic rings. The van der Waals surface area contributed by atoms with Gasteiger partial charge in [0, 0.05) is 12.0 Å². The van der Waals surface area contributed by atoms with Crippen LogP contribution in [0.15, 0.2) is 0 Å². The van der Waals surface area contributed by atoms with Gasteiger partial charge >= 0.3 is 6.18 Å². The standard InChI is InChI=1S/C12H21F3N2O/c1-7(8(2)16)11(18)17-10(12(13,14)15)9-5-3-4-6-9/h7-10H,3-6,16H2,1-2H3,(H,17,18). The molecule has 0 aliphatic heterocycles. The second-order valence-electron chi connectivity index (χ2n) is 5.22. The van der Waals surface area contributed by atoms with E-state index in [4.69, 9.17) is 5.73 Å². The molecule has 18 heavy (non-hydrogen) atoms. The van der Waals surface area contributed by atoms with Crippen molar-refractivity contribution in [1.29, 1.82) is 0 Å². The van der Waals surface area contributed by atoms with Crippen LogP contribution >= 0.6 is 0 Å². The van der Waals surface area contributed by atoms with Crippen LogP contribution in [0.2, 0.25) is 0 Å². The van der Waals surface area contributed by atoms with Crippen molar-refractivity contribution in [1.82, 2.24) is 5.32 Å². The van der Waals surface area contributed by atoms with E-state index in [1.54, 1.807) is 13.8 Å². The molecule has 3 nitrogen and oxygen atoms in total. The van der Waals surface area contributed by atoms with E-state index in [1.807, 2.05) is 0 Å². The van der Waals surface area contributed by atoms with Crippen LogP contribution in [0.25, 0.3) is 0 Å². The van der Waals surface area contributed by atoms with Crippen LogP contribution in [0.5, 0.6) is 0 Å². The van der Waals surface area contributed by atoms with Crippen LogP contribution in [0.1, 0.15) is 39.5 Å². The lowest BCUT2D eigenvalue weighted by Gasteiger charge is -2.28. The lowest BCUT2D eigenvalue weighted by molar-refractivity contribution is -0.172. The molecular weight excluding hydrogens is 245 g/mol. The van der Waals surface area contributed by atoms with E-state index in [2.05, 4.69) is 5.32 Å². The number of carbonyl (C=O) groups is 1. The molecular formula is C12H21F3N2O. The van der Waals surface area contributed by atoms with Gasteiger partial charge in [-0.1, -0.05) is 19.8 Å². The van der Waals surface area contributed by atoms with Crippen molar-refractivity contribution in [3.05, 3.63) is 0 Å². The molecule has 0 heterocycles. The van der Waals surface area contributed by atoms with Crippen molar-refractivity contribution in [2.24, 2.45) is 17.6 Å².